The predicted molar refractivity (Wildman–Crippen MR) is 245 cm³/mol. The smallest absolute Gasteiger partial charge is 0.0497 e. The van der Waals surface area contributed by atoms with Crippen LogP contribution in [0.2, 0.25) is 0 Å². The molecule has 0 bridgehead atoms. The van der Waals surface area contributed by atoms with Crippen LogP contribution in [0.5, 0.6) is 0 Å². The highest BCUT2D eigenvalue weighted by Crippen LogP contribution is 2.45. The second kappa shape index (κ2) is 15.1. The summed E-state index contributed by atoms with van der Waals surface area (Å²) in [6.45, 7) is 4.28. The van der Waals surface area contributed by atoms with Gasteiger partial charge in [-0.05, 0) is 145 Å². The second-order valence-electron chi connectivity index (χ2n) is 15.4. The Bertz CT molecular complexity index is 2860. The number of nitrogens with zero attached hydrogens (tertiary/aromatic N) is 1. The Labute approximate surface area is 336 Å². The van der Waals surface area contributed by atoms with Gasteiger partial charge in [0.25, 0.3) is 0 Å². The number of benzene rings is 7. The Morgan fingerprint density at radius 1 is 0.579 bits per heavy atom. The van der Waals surface area contributed by atoms with Crippen molar-refractivity contribution in [3.8, 4) is 22.3 Å². The maximum atomic E-state index is 4.28. The fourth-order valence-electron chi connectivity index (χ4n) is 9.35. The van der Waals surface area contributed by atoms with E-state index in [0.717, 1.165) is 44.2 Å². The van der Waals surface area contributed by atoms with Gasteiger partial charge in [0, 0.05) is 23.5 Å². The van der Waals surface area contributed by atoms with Crippen LogP contribution in [0.4, 0.5) is 17.1 Å². The quantitative estimate of drug-likeness (QED) is 0.158. The number of allylic oxidation sites excluding steroid dienone is 6. The molecule has 2 aliphatic carbocycles. The van der Waals surface area contributed by atoms with Crippen LogP contribution in [0.1, 0.15) is 52.6 Å². The molecule has 0 atom stereocenters. The Morgan fingerprint density at radius 3 is 2.00 bits per heavy atom. The first-order valence-corrected chi connectivity index (χ1v) is 20.4. The van der Waals surface area contributed by atoms with Crippen molar-refractivity contribution in [1.82, 2.24) is 0 Å². The summed E-state index contributed by atoms with van der Waals surface area (Å²) in [6.07, 6.45) is 24.5. The zero-order chi connectivity index (χ0) is 38.1. The molecule has 0 spiro atoms. The van der Waals surface area contributed by atoms with E-state index in [0.29, 0.717) is 0 Å². The van der Waals surface area contributed by atoms with Gasteiger partial charge in [0.05, 0.1) is 0 Å². The molecule has 0 aromatic heterocycles. The Balaban J connectivity index is 1.27. The molecule has 0 saturated carbocycles. The summed E-state index contributed by atoms with van der Waals surface area (Å²) in [7, 11) is 0. The zero-order valence-electron chi connectivity index (χ0n) is 32.3. The fraction of sp³-hybridized carbons (Fsp3) is 0.107. The first-order chi connectivity index (χ1) is 28.2. The summed E-state index contributed by atoms with van der Waals surface area (Å²) in [6, 6.07) is 51.7. The van der Waals surface area contributed by atoms with Crippen LogP contribution in [0.25, 0.3) is 56.8 Å². The highest BCUT2D eigenvalue weighted by Gasteiger charge is 2.25. The van der Waals surface area contributed by atoms with Gasteiger partial charge in [-0.1, -0.05) is 164 Å². The summed E-state index contributed by atoms with van der Waals surface area (Å²) in [5.41, 5.74) is 18.1. The standard InChI is InChI=1S/C56H45N/c1-2-18-48-49-34-32-47(57-53-29-16-14-27-45(53)36-46-28-15-17-30-54(46)57)38-52(49)56(41-23-10-5-11-24-41)55(40-21-8-4-9-22-40)50(48)33-31-44-35-42-25-12-13-26-43(42)37-51(44)39-19-6-3-7-20-39/h2-3,5-8,10-11,13-24,26-30,32-35,37-38H,1,4,9,12,25,31,36H2/b48-18-,50-33+. The van der Waals surface area contributed by atoms with Crippen molar-refractivity contribution >= 4 is 51.6 Å². The van der Waals surface area contributed by atoms with Gasteiger partial charge in [-0.2, -0.15) is 0 Å². The third kappa shape index (κ3) is 6.40. The lowest BCUT2D eigenvalue weighted by atomic mass is 9.84. The molecule has 1 heteroatoms. The van der Waals surface area contributed by atoms with Gasteiger partial charge < -0.3 is 4.90 Å². The monoisotopic (exact) mass is 731 g/mol. The number of para-hydroxylation sites is 2. The lowest BCUT2D eigenvalue weighted by Gasteiger charge is -2.34. The van der Waals surface area contributed by atoms with E-state index in [1.165, 1.54) is 93.8 Å². The molecule has 57 heavy (non-hydrogen) atoms. The van der Waals surface area contributed by atoms with Crippen LogP contribution in [0.15, 0.2) is 176 Å². The maximum absolute atomic E-state index is 4.28. The van der Waals surface area contributed by atoms with Gasteiger partial charge in [-0.15, -0.1) is 0 Å². The fourth-order valence-corrected chi connectivity index (χ4v) is 9.35. The van der Waals surface area contributed by atoms with Crippen LogP contribution >= 0.6 is 0 Å². The number of rotatable bonds is 7. The highest BCUT2D eigenvalue weighted by atomic mass is 15.2. The first kappa shape index (κ1) is 34.8. The van der Waals surface area contributed by atoms with Gasteiger partial charge in [0.2, 0.25) is 0 Å². The zero-order valence-corrected chi connectivity index (χ0v) is 32.3. The van der Waals surface area contributed by atoms with E-state index in [1.54, 1.807) is 0 Å². The number of aryl methyl sites for hydroxylation is 1. The average Bonchev–Trinajstić information content (AvgIpc) is 3.28. The maximum Gasteiger partial charge on any atom is 0.0497 e. The first-order valence-electron chi connectivity index (χ1n) is 20.4. The van der Waals surface area contributed by atoms with Crippen molar-refractivity contribution < 1.29 is 0 Å². The molecular formula is C56H45N. The largest absolute Gasteiger partial charge is 0.310 e. The van der Waals surface area contributed by atoms with Gasteiger partial charge in [-0.25, -0.2) is 0 Å². The molecule has 1 aliphatic heterocycles. The molecule has 0 amide bonds. The van der Waals surface area contributed by atoms with E-state index >= 15 is 0 Å². The molecule has 0 fully saturated rings. The molecular weight excluding hydrogens is 687 g/mol. The second-order valence-corrected chi connectivity index (χ2v) is 15.4. The van der Waals surface area contributed by atoms with Crippen molar-refractivity contribution in [2.75, 3.05) is 4.90 Å². The van der Waals surface area contributed by atoms with Gasteiger partial charge in [-0.3, -0.25) is 0 Å². The van der Waals surface area contributed by atoms with E-state index < -0.39 is 0 Å². The van der Waals surface area contributed by atoms with Gasteiger partial charge in [0.1, 0.15) is 0 Å². The Morgan fingerprint density at radius 2 is 1.28 bits per heavy atom. The van der Waals surface area contributed by atoms with Crippen molar-refractivity contribution in [3.63, 3.8) is 0 Å². The van der Waals surface area contributed by atoms with E-state index in [4.69, 9.17) is 0 Å². The molecule has 0 radical (unpaired) electrons. The van der Waals surface area contributed by atoms with Crippen LogP contribution in [0.3, 0.4) is 0 Å². The lowest BCUT2D eigenvalue weighted by Crippen LogP contribution is -2.31. The number of hydrogen-bond acceptors (Lipinski definition) is 1. The van der Waals surface area contributed by atoms with Gasteiger partial charge >= 0.3 is 0 Å². The summed E-state index contributed by atoms with van der Waals surface area (Å²) in [4.78, 5) is 2.47. The molecule has 10 rings (SSSR count). The normalized spacial score (nSPS) is 14.9. The van der Waals surface area contributed by atoms with E-state index in [9.17, 15) is 0 Å². The number of anilines is 3. The van der Waals surface area contributed by atoms with E-state index in [-0.39, 0.29) is 0 Å². The molecule has 3 aliphatic rings. The van der Waals surface area contributed by atoms with E-state index in [2.05, 4.69) is 194 Å². The third-order valence-corrected chi connectivity index (χ3v) is 12.0. The number of fused-ring (bicyclic) bond motifs is 4. The van der Waals surface area contributed by atoms with Crippen LogP contribution < -0.4 is 15.3 Å². The molecule has 0 N–H and O–H groups in total. The highest BCUT2D eigenvalue weighted by molar-refractivity contribution is 6.06. The summed E-state index contributed by atoms with van der Waals surface area (Å²) in [5, 5.41) is 4.94. The minimum Gasteiger partial charge on any atom is -0.310 e. The van der Waals surface area contributed by atoms with E-state index in [1.807, 2.05) is 6.08 Å². The van der Waals surface area contributed by atoms with Crippen molar-refractivity contribution in [1.29, 1.82) is 0 Å². The molecule has 7 aromatic carbocycles. The molecule has 0 saturated heterocycles. The van der Waals surface area contributed by atoms with Crippen molar-refractivity contribution in [3.05, 3.63) is 220 Å². The van der Waals surface area contributed by atoms with Crippen LogP contribution in [-0.4, -0.2) is 0 Å². The summed E-state index contributed by atoms with van der Waals surface area (Å²) < 4.78 is 0. The van der Waals surface area contributed by atoms with Crippen molar-refractivity contribution in [2.45, 2.75) is 38.5 Å². The van der Waals surface area contributed by atoms with Crippen LogP contribution in [0, 0.1) is 0 Å². The van der Waals surface area contributed by atoms with Crippen LogP contribution in [-0.2, 0) is 19.3 Å². The summed E-state index contributed by atoms with van der Waals surface area (Å²) in [5.74, 6) is 0. The number of hydrogen-bond donors (Lipinski definition) is 0. The minimum absolute atomic E-state index is 0.808. The Hall–Kier alpha value is -6.70. The molecule has 1 nitrogen and oxygen atoms in total. The Kier molecular flexibility index (Phi) is 9.20. The molecule has 1 heterocycles. The van der Waals surface area contributed by atoms with Crippen molar-refractivity contribution in [2.24, 2.45) is 0 Å². The predicted octanol–water partition coefficient (Wildman–Crippen LogP) is 13.2. The third-order valence-electron chi connectivity index (χ3n) is 12.0. The van der Waals surface area contributed by atoms with Gasteiger partial charge in [0.15, 0.2) is 0 Å². The SMILES string of the molecule is C=C/C=c1\c(=C/Cc2cc3c(cc2-c2ccccc2)C=CCC3)c(C2=CCCC=C2)c(-c2ccccc2)c2cc(N3c4ccccc4Cc4ccccc43)ccc12. The minimum atomic E-state index is 0.808. The summed E-state index contributed by atoms with van der Waals surface area (Å²) >= 11 is 0. The molecule has 274 valence electrons. The average molecular weight is 732 g/mol. The lowest BCUT2D eigenvalue weighted by molar-refractivity contribution is 0.981. The molecule has 0 unspecified atom stereocenters. The topological polar surface area (TPSA) is 3.24 Å². The molecule has 7 aromatic rings.